The minimum atomic E-state index is -0.497. The number of benzene rings is 1. The third-order valence-electron chi connectivity index (χ3n) is 3.49. The van der Waals surface area contributed by atoms with Crippen molar-refractivity contribution in [1.82, 2.24) is 4.90 Å². The van der Waals surface area contributed by atoms with E-state index >= 15 is 0 Å². The lowest BCUT2D eigenvalue weighted by atomic mass is 10.1. The molecule has 0 radical (unpaired) electrons. The normalized spacial score (nSPS) is 18.1. The number of Topliss-reactive ketones (excluding diaryl/α,β-unsaturated/α-hetero) is 1. The van der Waals surface area contributed by atoms with E-state index < -0.39 is 4.92 Å². The molecule has 1 amide bonds. The number of hydrogen-bond donors (Lipinski definition) is 0. The number of hydrogen-bond acceptors (Lipinski definition) is 4. The number of nitrogens with zero attached hydrogens (tertiary/aromatic N) is 2. The number of amides is 1. The predicted molar refractivity (Wildman–Crippen MR) is 72.5 cm³/mol. The summed E-state index contributed by atoms with van der Waals surface area (Å²) < 4.78 is 0. The predicted octanol–water partition coefficient (Wildman–Crippen LogP) is 2.18. The molecule has 0 bridgehead atoms. The Morgan fingerprint density at radius 3 is 2.55 bits per heavy atom. The average Bonchev–Trinajstić information content (AvgIpc) is 2.85. The Kier molecular flexibility index (Phi) is 4.12. The van der Waals surface area contributed by atoms with Crippen LogP contribution < -0.4 is 0 Å². The summed E-state index contributed by atoms with van der Waals surface area (Å²) in [6.07, 6.45) is 2.09. The van der Waals surface area contributed by atoms with Crippen molar-refractivity contribution < 1.29 is 14.5 Å². The van der Waals surface area contributed by atoms with Gasteiger partial charge in [0.15, 0.2) is 0 Å². The van der Waals surface area contributed by atoms with Crippen molar-refractivity contribution in [2.75, 3.05) is 6.54 Å². The molecule has 0 aromatic heterocycles. The summed E-state index contributed by atoms with van der Waals surface area (Å²) in [6.45, 7) is 2.15. The molecule has 1 aliphatic rings. The number of non-ortho nitro benzene ring substituents is 1. The van der Waals surface area contributed by atoms with Crippen LogP contribution in [0.4, 0.5) is 5.69 Å². The zero-order valence-electron chi connectivity index (χ0n) is 11.2. The van der Waals surface area contributed by atoms with E-state index in [9.17, 15) is 19.7 Å². The van der Waals surface area contributed by atoms with Crippen LogP contribution in [-0.2, 0) is 4.79 Å². The van der Waals surface area contributed by atoms with Gasteiger partial charge in [0, 0.05) is 36.7 Å². The van der Waals surface area contributed by atoms with Gasteiger partial charge in [-0.1, -0.05) is 0 Å². The molecule has 106 valence electrons. The maximum atomic E-state index is 12.4. The van der Waals surface area contributed by atoms with E-state index in [4.69, 9.17) is 0 Å². The molecule has 6 nitrogen and oxygen atoms in total. The molecule has 1 heterocycles. The van der Waals surface area contributed by atoms with Crippen molar-refractivity contribution >= 4 is 17.4 Å². The summed E-state index contributed by atoms with van der Waals surface area (Å²) in [5.74, 6) is -0.0953. The van der Waals surface area contributed by atoms with Gasteiger partial charge in [0.05, 0.1) is 4.92 Å². The molecule has 0 N–H and O–H groups in total. The lowest BCUT2D eigenvalue weighted by molar-refractivity contribution is -0.384. The van der Waals surface area contributed by atoms with Gasteiger partial charge in [0.25, 0.3) is 11.6 Å². The molecule has 2 rings (SSSR count). The van der Waals surface area contributed by atoms with Crippen LogP contribution in [0.3, 0.4) is 0 Å². The molecule has 0 aliphatic carbocycles. The van der Waals surface area contributed by atoms with Crippen LogP contribution in [0.5, 0.6) is 0 Å². The van der Waals surface area contributed by atoms with Gasteiger partial charge in [0.1, 0.15) is 5.78 Å². The van der Waals surface area contributed by atoms with E-state index in [2.05, 4.69) is 0 Å². The first-order valence-corrected chi connectivity index (χ1v) is 6.54. The maximum absolute atomic E-state index is 12.4. The Labute approximate surface area is 116 Å². The second-order valence-electron chi connectivity index (χ2n) is 5.00. The summed E-state index contributed by atoms with van der Waals surface area (Å²) in [7, 11) is 0. The van der Waals surface area contributed by atoms with Gasteiger partial charge >= 0.3 is 0 Å². The van der Waals surface area contributed by atoms with Crippen molar-refractivity contribution in [2.24, 2.45) is 0 Å². The highest BCUT2D eigenvalue weighted by Gasteiger charge is 2.30. The highest BCUT2D eigenvalue weighted by molar-refractivity contribution is 5.95. The van der Waals surface area contributed by atoms with E-state index in [-0.39, 0.29) is 23.4 Å². The van der Waals surface area contributed by atoms with E-state index in [0.29, 0.717) is 18.5 Å². The van der Waals surface area contributed by atoms with Gasteiger partial charge in [-0.15, -0.1) is 0 Å². The molecule has 1 fully saturated rings. The molecular formula is C14H16N2O4. The van der Waals surface area contributed by atoms with E-state index in [1.165, 1.54) is 31.2 Å². The highest BCUT2D eigenvalue weighted by atomic mass is 16.6. The van der Waals surface area contributed by atoms with Gasteiger partial charge in [-0.25, -0.2) is 0 Å². The number of carbonyl (C=O) groups excluding carboxylic acids is 2. The van der Waals surface area contributed by atoms with Crippen molar-refractivity contribution in [3.63, 3.8) is 0 Å². The fourth-order valence-corrected chi connectivity index (χ4v) is 2.54. The molecule has 1 saturated heterocycles. The van der Waals surface area contributed by atoms with Crippen molar-refractivity contribution in [1.29, 1.82) is 0 Å². The van der Waals surface area contributed by atoms with Gasteiger partial charge in [-0.05, 0) is 31.9 Å². The van der Waals surface area contributed by atoms with Gasteiger partial charge in [0.2, 0.25) is 0 Å². The zero-order valence-corrected chi connectivity index (χ0v) is 11.2. The zero-order chi connectivity index (χ0) is 14.7. The van der Waals surface area contributed by atoms with Gasteiger partial charge in [-0.2, -0.15) is 0 Å². The smallest absolute Gasteiger partial charge is 0.269 e. The largest absolute Gasteiger partial charge is 0.335 e. The summed E-state index contributed by atoms with van der Waals surface area (Å²) >= 11 is 0. The first-order chi connectivity index (χ1) is 9.49. The molecule has 0 saturated carbocycles. The lowest BCUT2D eigenvalue weighted by Crippen LogP contribution is -2.36. The first kappa shape index (κ1) is 14.2. The van der Waals surface area contributed by atoms with Crippen LogP contribution in [0, 0.1) is 10.1 Å². The second kappa shape index (κ2) is 5.81. The quantitative estimate of drug-likeness (QED) is 0.623. The van der Waals surface area contributed by atoms with E-state index in [0.717, 1.165) is 12.8 Å². The van der Waals surface area contributed by atoms with E-state index in [1.54, 1.807) is 4.90 Å². The minimum absolute atomic E-state index is 0.0387. The SMILES string of the molecule is CC(=O)CC1CCCN1C(=O)c1ccc([N+](=O)[O-])cc1. The van der Waals surface area contributed by atoms with Crippen molar-refractivity contribution in [2.45, 2.75) is 32.2 Å². The van der Waals surface area contributed by atoms with Crippen LogP contribution in [0.1, 0.15) is 36.5 Å². The Balaban J connectivity index is 2.13. The lowest BCUT2D eigenvalue weighted by Gasteiger charge is -2.24. The van der Waals surface area contributed by atoms with Gasteiger partial charge < -0.3 is 4.90 Å². The summed E-state index contributed by atoms with van der Waals surface area (Å²) in [5.41, 5.74) is 0.384. The van der Waals surface area contributed by atoms with Crippen LogP contribution in [0.15, 0.2) is 24.3 Å². The van der Waals surface area contributed by atoms with Crippen LogP contribution >= 0.6 is 0 Å². The highest BCUT2D eigenvalue weighted by Crippen LogP contribution is 2.23. The molecule has 1 aliphatic heterocycles. The summed E-state index contributed by atoms with van der Waals surface area (Å²) in [6, 6.07) is 5.52. The van der Waals surface area contributed by atoms with Crippen LogP contribution in [0.25, 0.3) is 0 Å². The number of likely N-dealkylation sites (tertiary alicyclic amines) is 1. The number of carbonyl (C=O) groups is 2. The summed E-state index contributed by atoms with van der Waals surface area (Å²) in [5, 5.41) is 10.6. The number of ketones is 1. The third-order valence-corrected chi connectivity index (χ3v) is 3.49. The van der Waals surface area contributed by atoms with Crippen LogP contribution in [-0.4, -0.2) is 34.1 Å². The van der Waals surface area contributed by atoms with Crippen LogP contribution in [0.2, 0.25) is 0 Å². The monoisotopic (exact) mass is 276 g/mol. The topological polar surface area (TPSA) is 80.5 Å². The molecule has 20 heavy (non-hydrogen) atoms. The first-order valence-electron chi connectivity index (χ1n) is 6.54. The standard InChI is InChI=1S/C14H16N2O4/c1-10(17)9-13-3-2-8-15(13)14(18)11-4-6-12(7-5-11)16(19)20/h4-7,13H,2-3,8-9H2,1H3. The van der Waals surface area contributed by atoms with Crippen molar-refractivity contribution in [3.05, 3.63) is 39.9 Å². The molecule has 1 atom stereocenters. The molecule has 6 heteroatoms. The fourth-order valence-electron chi connectivity index (χ4n) is 2.54. The molecular weight excluding hydrogens is 260 g/mol. The van der Waals surface area contributed by atoms with E-state index in [1.807, 2.05) is 0 Å². The molecule has 1 aromatic carbocycles. The second-order valence-corrected chi connectivity index (χ2v) is 5.00. The number of nitro groups is 1. The average molecular weight is 276 g/mol. The van der Waals surface area contributed by atoms with Gasteiger partial charge in [-0.3, -0.25) is 19.7 Å². The molecule has 1 unspecified atom stereocenters. The Morgan fingerprint density at radius 2 is 2.00 bits per heavy atom. The maximum Gasteiger partial charge on any atom is 0.269 e. The Morgan fingerprint density at radius 1 is 1.35 bits per heavy atom. The summed E-state index contributed by atoms with van der Waals surface area (Å²) in [4.78, 5) is 35.4. The van der Waals surface area contributed by atoms with Crippen molar-refractivity contribution in [3.8, 4) is 0 Å². The number of rotatable bonds is 4. The number of nitro benzene ring substituents is 1. The third kappa shape index (κ3) is 3.01. The molecule has 0 spiro atoms. The Hall–Kier alpha value is -2.24. The molecule has 1 aromatic rings. The minimum Gasteiger partial charge on any atom is -0.335 e. The fraction of sp³-hybridized carbons (Fsp3) is 0.429. The Bertz CT molecular complexity index is 539.